The van der Waals surface area contributed by atoms with E-state index in [1.165, 1.54) is 23.0 Å². The lowest BCUT2D eigenvalue weighted by Crippen LogP contribution is -2.13. The van der Waals surface area contributed by atoms with Crippen molar-refractivity contribution in [2.24, 2.45) is 0 Å². The second kappa shape index (κ2) is 8.23. The second-order valence-electron chi connectivity index (χ2n) is 6.81. The Morgan fingerprint density at radius 2 is 1.81 bits per heavy atom. The van der Waals surface area contributed by atoms with Crippen LogP contribution in [0.2, 0.25) is 0 Å². The van der Waals surface area contributed by atoms with Crippen molar-refractivity contribution in [3.63, 3.8) is 0 Å². The number of amides is 1. The molecule has 0 atom stereocenters. The molecule has 0 radical (unpaired) electrons. The van der Waals surface area contributed by atoms with E-state index in [9.17, 15) is 14.9 Å². The van der Waals surface area contributed by atoms with E-state index in [0.717, 1.165) is 11.3 Å². The smallest absolute Gasteiger partial charge is 0.311 e. The largest absolute Gasteiger partial charge is 0.487 e. The van der Waals surface area contributed by atoms with E-state index in [0.29, 0.717) is 16.7 Å². The van der Waals surface area contributed by atoms with Crippen molar-refractivity contribution in [3.8, 4) is 11.4 Å². The van der Waals surface area contributed by atoms with E-state index in [4.69, 9.17) is 4.74 Å². The quantitative estimate of drug-likeness (QED) is 0.370. The van der Waals surface area contributed by atoms with Gasteiger partial charge in [0.1, 0.15) is 11.0 Å². The van der Waals surface area contributed by atoms with Gasteiger partial charge in [-0.3, -0.25) is 14.9 Å². The summed E-state index contributed by atoms with van der Waals surface area (Å²) in [4.78, 5) is 25.0. The Labute approximate surface area is 177 Å². The molecule has 4 aromatic rings. The number of carbonyl (C=O) groups is 1. The first-order chi connectivity index (χ1) is 15.0. The third kappa shape index (κ3) is 4.06. The standard InChI is InChI=1S/C22H19N5O4/c1-3-31-21-10-9-15(12-20(21)27(29)30)22(28)23-17-13-19-18(11-14(17)2)24-26(25-19)16-7-5-4-6-8-16/h4-13H,3H2,1-2H3,(H,23,28). The van der Waals surface area contributed by atoms with Crippen LogP contribution in [0.25, 0.3) is 16.7 Å². The molecule has 0 aliphatic rings. The fourth-order valence-corrected chi connectivity index (χ4v) is 3.15. The minimum atomic E-state index is -0.568. The summed E-state index contributed by atoms with van der Waals surface area (Å²) in [6, 6.07) is 17.2. The molecular formula is C22H19N5O4. The number of rotatable bonds is 6. The normalized spacial score (nSPS) is 10.8. The van der Waals surface area contributed by atoms with Gasteiger partial charge in [-0.1, -0.05) is 18.2 Å². The fourth-order valence-electron chi connectivity index (χ4n) is 3.15. The number of nitro groups is 1. The van der Waals surface area contributed by atoms with Crippen molar-refractivity contribution in [1.29, 1.82) is 0 Å². The molecule has 0 aliphatic carbocycles. The Hall–Kier alpha value is -4.27. The van der Waals surface area contributed by atoms with Crippen LogP contribution in [0.5, 0.6) is 5.75 Å². The molecular weight excluding hydrogens is 398 g/mol. The summed E-state index contributed by atoms with van der Waals surface area (Å²) in [5.41, 5.74) is 3.37. The number of aryl methyl sites for hydroxylation is 1. The van der Waals surface area contributed by atoms with Gasteiger partial charge in [-0.05, 0) is 55.8 Å². The Bertz CT molecular complexity index is 1280. The summed E-state index contributed by atoms with van der Waals surface area (Å²) >= 11 is 0. The Balaban J connectivity index is 1.63. The number of nitrogens with zero attached hydrogens (tertiary/aromatic N) is 4. The summed E-state index contributed by atoms with van der Waals surface area (Å²) in [5.74, 6) is -0.344. The predicted molar refractivity (Wildman–Crippen MR) is 116 cm³/mol. The van der Waals surface area contributed by atoms with Crippen LogP contribution in [0, 0.1) is 17.0 Å². The Morgan fingerprint density at radius 3 is 2.48 bits per heavy atom. The van der Waals surface area contributed by atoms with Gasteiger partial charge >= 0.3 is 5.69 Å². The van der Waals surface area contributed by atoms with Crippen LogP contribution >= 0.6 is 0 Å². The second-order valence-corrected chi connectivity index (χ2v) is 6.81. The molecule has 31 heavy (non-hydrogen) atoms. The Morgan fingerprint density at radius 1 is 1.10 bits per heavy atom. The Kier molecular flexibility index (Phi) is 5.31. The van der Waals surface area contributed by atoms with Crippen molar-refractivity contribution in [1.82, 2.24) is 15.0 Å². The molecule has 0 spiro atoms. The van der Waals surface area contributed by atoms with Gasteiger partial charge in [0.25, 0.3) is 5.91 Å². The third-order valence-corrected chi connectivity index (χ3v) is 4.68. The number of para-hydroxylation sites is 1. The maximum atomic E-state index is 12.8. The minimum Gasteiger partial charge on any atom is -0.487 e. The number of ether oxygens (including phenoxy) is 1. The van der Waals surface area contributed by atoms with Crippen molar-refractivity contribution < 1.29 is 14.5 Å². The maximum Gasteiger partial charge on any atom is 0.311 e. The molecule has 156 valence electrons. The summed E-state index contributed by atoms with van der Waals surface area (Å²) in [6.45, 7) is 3.86. The summed E-state index contributed by atoms with van der Waals surface area (Å²) in [7, 11) is 0. The molecule has 0 unspecified atom stereocenters. The van der Waals surface area contributed by atoms with Crippen LogP contribution < -0.4 is 10.1 Å². The van der Waals surface area contributed by atoms with Crippen molar-refractivity contribution >= 4 is 28.3 Å². The maximum absolute atomic E-state index is 12.8. The zero-order chi connectivity index (χ0) is 22.0. The van der Waals surface area contributed by atoms with Crippen molar-refractivity contribution in [2.75, 3.05) is 11.9 Å². The summed E-state index contributed by atoms with van der Waals surface area (Å²) < 4.78 is 5.27. The molecule has 0 bridgehead atoms. The lowest BCUT2D eigenvalue weighted by atomic mass is 10.1. The van der Waals surface area contributed by atoms with Gasteiger partial charge in [0.2, 0.25) is 0 Å². The van der Waals surface area contributed by atoms with E-state index >= 15 is 0 Å². The molecule has 0 aliphatic heterocycles. The number of carbonyl (C=O) groups excluding carboxylic acids is 1. The summed E-state index contributed by atoms with van der Waals surface area (Å²) in [6.07, 6.45) is 0. The highest BCUT2D eigenvalue weighted by molar-refractivity contribution is 6.06. The molecule has 9 nitrogen and oxygen atoms in total. The average molecular weight is 417 g/mol. The summed E-state index contributed by atoms with van der Waals surface area (Å²) in [5, 5.41) is 23.1. The molecule has 1 N–H and O–H groups in total. The van der Waals surface area contributed by atoms with Gasteiger partial charge < -0.3 is 10.1 Å². The van der Waals surface area contributed by atoms with Gasteiger partial charge in [0.05, 0.1) is 17.2 Å². The number of aromatic nitrogens is 3. The third-order valence-electron chi connectivity index (χ3n) is 4.68. The highest BCUT2D eigenvalue weighted by atomic mass is 16.6. The van der Waals surface area contributed by atoms with Crippen LogP contribution in [-0.4, -0.2) is 32.4 Å². The molecule has 3 aromatic carbocycles. The van der Waals surface area contributed by atoms with Gasteiger partial charge in [-0.2, -0.15) is 4.80 Å². The first kappa shape index (κ1) is 20.0. The van der Waals surface area contributed by atoms with Crippen molar-refractivity contribution in [2.45, 2.75) is 13.8 Å². The molecule has 9 heteroatoms. The number of nitro benzene ring substituents is 1. The lowest BCUT2D eigenvalue weighted by Gasteiger charge is -2.09. The molecule has 1 amide bonds. The number of benzene rings is 3. The molecule has 1 aromatic heterocycles. The van der Waals surface area contributed by atoms with Crippen LogP contribution in [0.4, 0.5) is 11.4 Å². The predicted octanol–water partition coefficient (Wildman–Crippen LogP) is 4.29. The van der Waals surface area contributed by atoms with E-state index in [1.807, 2.05) is 43.3 Å². The molecule has 0 saturated carbocycles. The molecule has 4 rings (SSSR count). The first-order valence-corrected chi connectivity index (χ1v) is 9.62. The monoisotopic (exact) mass is 417 g/mol. The number of fused-ring (bicyclic) bond motifs is 1. The number of hydrogen-bond donors (Lipinski definition) is 1. The topological polar surface area (TPSA) is 112 Å². The van der Waals surface area contributed by atoms with Crippen molar-refractivity contribution in [3.05, 3.63) is 81.9 Å². The lowest BCUT2D eigenvalue weighted by molar-refractivity contribution is -0.385. The number of anilines is 1. The van der Waals surface area contributed by atoms with Gasteiger partial charge in [-0.15, -0.1) is 10.2 Å². The van der Waals surface area contributed by atoms with E-state index in [-0.39, 0.29) is 23.6 Å². The highest BCUT2D eigenvalue weighted by Gasteiger charge is 2.19. The van der Waals surface area contributed by atoms with Gasteiger partial charge in [0.15, 0.2) is 5.75 Å². The molecule has 0 fully saturated rings. The minimum absolute atomic E-state index is 0.124. The number of nitrogens with one attached hydrogen (secondary N) is 1. The van der Waals surface area contributed by atoms with Crippen LogP contribution in [-0.2, 0) is 0 Å². The van der Waals surface area contributed by atoms with E-state index in [2.05, 4.69) is 15.5 Å². The van der Waals surface area contributed by atoms with E-state index < -0.39 is 10.8 Å². The van der Waals surface area contributed by atoms with Gasteiger partial charge in [-0.25, -0.2) is 0 Å². The van der Waals surface area contributed by atoms with Crippen LogP contribution in [0.3, 0.4) is 0 Å². The molecule has 1 heterocycles. The van der Waals surface area contributed by atoms with Gasteiger partial charge in [0, 0.05) is 17.3 Å². The zero-order valence-corrected chi connectivity index (χ0v) is 16.9. The average Bonchev–Trinajstić information content (AvgIpc) is 3.17. The zero-order valence-electron chi connectivity index (χ0n) is 16.9. The number of hydrogen-bond acceptors (Lipinski definition) is 6. The fraction of sp³-hybridized carbons (Fsp3) is 0.136. The highest BCUT2D eigenvalue weighted by Crippen LogP contribution is 2.29. The van der Waals surface area contributed by atoms with Crippen LogP contribution in [0.15, 0.2) is 60.7 Å². The van der Waals surface area contributed by atoms with Crippen LogP contribution in [0.1, 0.15) is 22.8 Å². The SMILES string of the molecule is CCOc1ccc(C(=O)Nc2cc3nn(-c4ccccc4)nc3cc2C)cc1[N+](=O)[O-]. The van der Waals surface area contributed by atoms with E-state index in [1.54, 1.807) is 13.0 Å². The first-order valence-electron chi connectivity index (χ1n) is 9.62. The molecule has 0 saturated heterocycles.